The molecule has 31 heavy (non-hydrogen) atoms. The minimum absolute atomic E-state index is 0.0997. The van der Waals surface area contributed by atoms with Crippen molar-refractivity contribution in [3.05, 3.63) is 46.1 Å². The Kier molecular flexibility index (Phi) is 7.58. The van der Waals surface area contributed by atoms with Crippen LogP contribution in [0.15, 0.2) is 30.0 Å². The Morgan fingerprint density at radius 1 is 1.26 bits per heavy atom. The Morgan fingerprint density at radius 2 is 1.90 bits per heavy atom. The maximum atomic E-state index is 12.8. The Labute approximate surface area is 188 Å². The number of carboxylic acids is 2. The SMILES string of the molecule is CC(C)C1=CN(CCC(=O)O)C(=O)C[C@@]1(C)c1ccc(CCC(C)(C)C(=O)O)c(Cl)c1. The molecule has 0 unspecified atom stereocenters. The summed E-state index contributed by atoms with van der Waals surface area (Å²) in [6.07, 6.45) is 2.95. The van der Waals surface area contributed by atoms with Crippen LogP contribution in [0, 0.1) is 11.3 Å². The van der Waals surface area contributed by atoms with Crippen LogP contribution in [0.2, 0.25) is 5.02 Å². The van der Waals surface area contributed by atoms with Crippen LogP contribution in [0.5, 0.6) is 0 Å². The number of carboxylic acid groups (broad SMARTS) is 2. The number of allylic oxidation sites excluding steroid dienone is 1. The number of nitrogens with zero attached hydrogens (tertiary/aromatic N) is 1. The van der Waals surface area contributed by atoms with Crippen LogP contribution >= 0.6 is 11.6 Å². The quantitative estimate of drug-likeness (QED) is 0.559. The molecule has 1 aliphatic heterocycles. The third kappa shape index (κ3) is 5.67. The van der Waals surface area contributed by atoms with Crippen LogP contribution in [-0.2, 0) is 26.2 Å². The highest BCUT2D eigenvalue weighted by Crippen LogP contribution is 2.43. The Bertz CT molecular complexity index is 905. The summed E-state index contributed by atoms with van der Waals surface area (Å²) in [7, 11) is 0. The normalized spacial score (nSPS) is 19.5. The lowest BCUT2D eigenvalue weighted by atomic mass is 9.68. The number of carbonyl (C=O) groups excluding carboxylic acids is 1. The molecule has 0 radical (unpaired) electrons. The molecule has 0 saturated carbocycles. The lowest BCUT2D eigenvalue weighted by Gasteiger charge is -2.41. The first-order valence-corrected chi connectivity index (χ1v) is 10.9. The van der Waals surface area contributed by atoms with E-state index in [-0.39, 0.29) is 31.2 Å². The fourth-order valence-electron chi connectivity index (χ4n) is 4.00. The van der Waals surface area contributed by atoms with Gasteiger partial charge in [0.2, 0.25) is 5.91 Å². The molecule has 1 aromatic rings. The third-order valence-corrected chi connectivity index (χ3v) is 6.59. The topological polar surface area (TPSA) is 94.9 Å². The van der Waals surface area contributed by atoms with Crippen molar-refractivity contribution in [2.45, 2.75) is 65.7 Å². The van der Waals surface area contributed by atoms with Gasteiger partial charge in [-0.2, -0.15) is 0 Å². The van der Waals surface area contributed by atoms with Crippen LogP contribution in [0.3, 0.4) is 0 Å². The van der Waals surface area contributed by atoms with Gasteiger partial charge in [0.25, 0.3) is 0 Å². The number of hydrogen-bond acceptors (Lipinski definition) is 3. The number of aryl methyl sites for hydroxylation is 1. The molecule has 6 nitrogen and oxygen atoms in total. The van der Waals surface area contributed by atoms with Gasteiger partial charge in [-0.3, -0.25) is 14.4 Å². The summed E-state index contributed by atoms with van der Waals surface area (Å²) >= 11 is 6.57. The van der Waals surface area contributed by atoms with Gasteiger partial charge < -0.3 is 15.1 Å². The number of rotatable bonds is 9. The number of halogens is 1. The summed E-state index contributed by atoms with van der Waals surface area (Å²) in [4.78, 5) is 36.6. The molecule has 1 heterocycles. The first-order chi connectivity index (χ1) is 14.3. The Balaban J connectivity index is 2.34. The molecule has 1 aromatic carbocycles. The summed E-state index contributed by atoms with van der Waals surface area (Å²) in [5.41, 5.74) is 1.46. The van der Waals surface area contributed by atoms with Gasteiger partial charge >= 0.3 is 11.9 Å². The van der Waals surface area contributed by atoms with E-state index in [2.05, 4.69) is 13.8 Å². The van der Waals surface area contributed by atoms with E-state index in [1.807, 2.05) is 25.1 Å². The summed E-state index contributed by atoms with van der Waals surface area (Å²) in [5, 5.41) is 18.8. The molecule has 1 aliphatic rings. The first kappa shape index (κ1) is 24.9. The van der Waals surface area contributed by atoms with Crippen molar-refractivity contribution >= 4 is 29.4 Å². The average Bonchev–Trinajstić information content (AvgIpc) is 2.65. The van der Waals surface area contributed by atoms with Crippen LogP contribution in [0.25, 0.3) is 0 Å². The fourth-order valence-corrected chi connectivity index (χ4v) is 4.27. The molecule has 0 fully saturated rings. The zero-order valence-corrected chi connectivity index (χ0v) is 19.6. The van der Waals surface area contributed by atoms with Gasteiger partial charge in [-0.15, -0.1) is 0 Å². The second kappa shape index (κ2) is 9.43. The van der Waals surface area contributed by atoms with Crippen molar-refractivity contribution in [3.63, 3.8) is 0 Å². The zero-order chi connectivity index (χ0) is 23.6. The highest BCUT2D eigenvalue weighted by molar-refractivity contribution is 6.31. The molecule has 7 heteroatoms. The van der Waals surface area contributed by atoms with Crippen LogP contribution < -0.4 is 0 Å². The van der Waals surface area contributed by atoms with Crippen molar-refractivity contribution in [2.75, 3.05) is 6.54 Å². The van der Waals surface area contributed by atoms with E-state index < -0.39 is 22.8 Å². The van der Waals surface area contributed by atoms with Gasteiger partial charge in [0.1, 0.15) is 0 Å². The van der Waals surface area contributed by atoms with Gasteiger partial charge in [0, 0.05) is 29.6 Å². The highest BCUT2D eigenvalue weighted by atomic mass is 35.5. The summed E-state index contributed by atoms with van der Waals surface area (Å²) in [5.74, 6) is -1.74. The van der Waals surface area contributed by atoms with Gasteiger partial charge in [-0.25, -0.2) is 0 Å². The highest BCUT2D eigenvalue weighted by Gasteiger charge is 2.40. The van der Waals surface area contributed by atoms with E-state index in [0.717, 1.165) is 16.7 Å². The molecule has 0 aromatic heterocycles. The lowest BCUT2D eigenvalue weighted by Crippen LogP contribution is -2.42. The second-order valence-electron chi connectivity index (χ2n) is 9.47. The average molecular weight is 450 g/mol. The minimum atomic E-state index is -0.936. The first-order valence-electron chi connectivity index (χ1n) is 10.5. The zero-order valence-electron chi connectivity index (χ0n) is 18.9. The second-order valence-corrected chi connectivity index (χ2v) is 9.88. The van der Waals surface area contributed by atoms with E-state index in [1.54, 1.807) is 20.0 Å². The van der Waals surface area contributed by atoms with Crippen molar-refractivity contribution < 1.29 is 24.6 Å². The predicted molar refractivity (Wildman–Crippen MR) is 120 cm³/mol. The number of benzene rings is 1. The van der Waals surface area contributed by atoms with Gasteiger partial charge in [0.15, 0.2) is 0 Å². The van der Waals surface area contributed by atoms with Crippen molar-refractivity contribution in [2.24, 2.45) is 11.3 Å². The smallest absolute Gasteiger partial charge is 0.309 e. The van der Waals surface area contributed by atoms with Gasteiger partial charge in [0.05, 0.1) is 11.8 Å². The van der Waals surface area contributed by atoms with E-state index in [4.69, 9.17) is 16.7 Å². The summed E-state index contributed by atoms with van der Waals surface area (Å²) in [6.45, 7) is 9.67. The van der Waals surface area contributed by atoms with Crippen molar-refractivity contribution in [1.29, 1.82) is 0 Å². The van der Waals surface area contributed by atoms with Gasteiger partial charge in [-0.05, 0) is 55.4 Å². The van der Waals surface area contributed by atoms with E-state index in [1.165, 1.54) is 4.90 Å². The van der Waals surface area contributed by atoms with Crippen LogP contribution in [0.4, 0.5) is 0 Å². The van der Waals surface area contributed by atoms with Crippen LogP contribution in [-0.4, -0.2) is 39.5 Å². The lowest BCUT2D eigenvalue weighted by molar-refractivity contribution is -0.147. The molecule has 0 saturated heterocycles. The fraction of sp³-hybridized carbons (Fsp3) is 0.542. The maximum absolute atomic E-state index is 12.8. The number of amides is 1. The molecule has 0 bridgehead atoms. The number of carbonyl (C=O) groups is 3. The minimum Gasteiger partial charge on any atom is -0.481 e. The van der Waals surface area contributed by atoms with Crippen molar-refractivity contribution in [1.82, 2.24) is 4.90 Å². The Hall–Kier alpha value is -2.34. The predicted octanol–water partition coefficient (Wildman–Crippen LogP) is 4.89. The van der Waals surface area contributed by atoms with E-state index in [9.17, 15) is 19.5 Å². The maximum Gasteiger partial charge on any atom is 0.309 e. The largest absolute Gasteiger partial charge is 0.481 e. The molecule has 0 spiro atoms. The Morgan fingerprint density at radius 3 is 2.42 bits per heavy atom. The number of aliphatic carboxylic acids is 2. The monoisotopic (exact) mass is 449 g/mol. The van der Waals surface area contributed by atoms with Gasteiger partial charge in [-0.1, -0.05) is 44.5 Å². The van der Waals surface area contributed by atoms with Crippen LogP contribution in [0.1, 0.15) is 65.0 Å². The van der Waals surface area contributed by atoms with Crippen molar-refractivity contribution in [3.8, 4) is 0 Å². The van der Waals surface area contributed by atoms with E-state index >= 15 is 0 Å². The molecular formula is C24H32ClNO5. The summed E-state index contributed by atoms with van der Waals surface area (Å²) < 4.78 is 0. The third-order valence-electron chi connectivity index (χ3n) is 6.23. The molecule has 1 amide bonds. The molecule has 1 atom stereocenters. The molecular weight excluding hydrogens is 418 g/mol. The molecule has 2 N–H and O–H groups in total. The number of hydrogen-bond donors (Lipinski definition) is 2. The molecule has 2 rings (SSSR count). The standard InChI is InChI=1S/C24H32ClNO5/c1-15(2)18-14-26(11-9-21(28)29)20(27)13-24(18,5)17-7-6-16(19(25)12-17)8-10-23(3,4)22(30)31/h6-7,12,14-15H,8-11,13H2,1-5H3,(H,28,29)(H,30,31)/t24-/m0/s1. The summed E-state index contributed by atoms with van der Waals surface area (Å²) in [6, 6.07) is 5.76. The van der Waals surface area contributed by atoms with E-state index in [0.29, 0.717) is 17.9 Å². The molecule has 170 valence electrons. The molecule has 0 aliphatic carbocycles.